The molecule has 0 aliphatic rings. The molecule has 1 heterocycles. The van der Waals surface area contributed by atoms with E-state index in [0.29, 0.717) is 5.69 Å². The summed E-state index contributed by atoms with van der Waals surface area (Å²) in [6.07, 6.45) is 5.14. The van der Waals surface area contributed by atoms with Gasteiger partial charge in [0.1, 0.15) is 5.69 Å². The van der Waals surface area contributed by atoms with Gasteiger partial charge >= 0.3 is 0 Å². The molecule has 0 aromatic carbocycles. The smallest absolute Gasteiger partial charge is 0.266 e. The Hall–Kier alpha value is -1.71. The zero-order valence-electron chi connectivity index (χ0n) is 8.10. The summed E-state index contributed by atoms with van der Waals surface area (Å²) in [6.45, 7) is 2.05. The third-order valence-electron chi connectivity index (χ3n) is 1.57. The second-order valence-electron chi connectivity index (χ2n) is 2.76. The zero-order valence-corrected chi connectivity index (χ0v) is 8.10. The summed E-state index contributed by atoms with van der Waals surface area (Å²) in [6, 6.07) is 5.17. The molecule has 0 fully saturated rings. The number of hydrogen-bond donors (Lipinski definition) is 1. The maximum absolute atomic E-state index is 11.3. The number of hydrazone groups is 1. The topological polar surface area (TPSA) is 54.4 Å². The number of nitrogens with zero attached hydrogens (tertiary/aromatic N) is 2. The lowest BCUT2D eigenvalue weighted by molar-refractivity contribution is 0.0950. The van der Waals surface area contributed by atoms with Gasteiger partial charge in [-0.15, -0.1) is 0 Å². The lowest BCUT2D eigenvalue weighted by Gasteiger charge is -1.96. The minimum atomic E-state index is -0.280. The first kappa shape index (κ1) is 10.4. The van der Waals surface area contributed by atoms with Gasteiger partial charge in [-0.25, -0.2) is 5.43 Å². The number of carbonyl (C=O) groups excluding carboxylic acids is 1. The third-order valence-corrected chi connectivity index (χ3v) is 1.57. The predicted octanol–water partition coefficient (Wildman–Crippen LogP) is 1.60. The molecule has 0 unspecified atom stereocenters. The Balaban J connectivity index is 2.44. The van der Waals surface area contributed by atoms with Crippen molar-refractivity contribution in [2.24, 2.45) is 5.10 Å². The summed E-state index contributed by atoms with van der Waals surface area (Å²) in [7, 11) is 0. The zero-order chi connectivity index (χ0) is 10.2. The van der Waals surface area contributed by atoms with E-state index >= 15 is 0 Å². The van der Waals surface area contributed by atoms with Crippen LogP contribution in [-0.4, -0.2) is 17.1 Å². The Morgan fingerprint density at radius 3 is 3.14 bits per heavy atom. The summed E-state index contributed by atoms with van der Waals surface area (Å²) in [4.78, 5) is 15.2. The molecule has 0 aliphatic heterocycles. The van der Waals surface area contributed by atoms with Gasteiger partial charge in [0.15, 0.2) is 0 Å². The van der Waals surface area contributed by atoms with Gasteiger partial charge in [-0.05, 0) is 18.6 Å². The SMILES string of the molecule is CCCC=NNC(=O)c1ccccn1. The quantitative estimate of drug-likeness (QED) is 0.580. The molecular weight excluding hydrogens is 178 g/mol. The van der Waals surface area contributed by atoms with Crippen LogP contribution in [0.25, 0.3) is 0 Å². The largest absolute Gasteiger partial charge is 0.289 e. The van der Waals surface area contributed by atoms with E-state index in [1.165, 1.54) is 0 Å². The van der Waals surface area contributed by atoms with Crippen molar-refractivity contribution in [3.8, 4) is 0 Å². The standard InChI is InChI=1S/C10H13N3O/c1-2-3-8-12-13-10(14)9-6-4-5-7-11-9/h4-8H,2-3H2,1H3,(H,13,14). The van der Waals surface area contributed by atoms with Gasteiger partial charge in [0.05, 0.1) is 0 Å². The van der Waals surface area contributed by atoms with E-state index in [4.69, 9.17) is 0 Å². The molecule has 14 heavy (non-hydrogen) atoms. The van der Waals surface area contributed by atoms with Crippen LogP contribution in [0, 0.1) is 0 Å². The maximum atomic E-state index is 11.3. The van der Waals surface area contributed by atoms with Crippen molar-refractivity contribution in [3.05, 3.63) is 30.1 Å². The fourth-order valence-electron chi connectivity index (χ4n) is 0.852. The Morgan fingerprint density at radius 2 is 2.50 bits per heavy atom. The fraction of sp³-hybridized carbons (Fsp3) is 0.300. The molecule has 4 nitrogen and oxygen atoms in total. The molecule has 0 atom stereocenters. The van der Waals surface area contributed by atoms with Crippen LogP contribution in [0.1, 0.15) is 30.3 Å². The molecular formula is C10H13N3O. The first-order valence-corrected chi connectivity index (χ1v) is 4.57. The lowest BCUT2D eigenvalue weighted by Crippen LogP contribution is -2.18. The van der Waals surface area contributed by atoms with Crippen molar-refractivity contribution >= 4 is 12.1 Å². The number of rotatable bonds is 4. The maximum Gasteiger partial charge on any atom is 0.289 e. The van der Waals surface area contributed by atoms with Crippen LogP contribution in [0.3, 0.4) is 0 Å². The first-order valence-electron chi connectivity index (χ1n) is 4.57. The van der Waals surface area contributed by atoms with Crippen molar-refractivity contribution in [1.29, 1.82) is 0 Å². The van der Waals surface area contributed by atoms with Crippen molar-refractivity contribution in [2.45, 2.75) is 19.8 Å². The second-order valence-corrected chi connectivity index (χ2v) is 2.76. The Labute approximate surface area is 83.1 Å². The molecule has 1 amide bonds. The van der Waals surface area contributed by atoms with Crippen LogP contribution < -0.4 is 5.43 Å². The number of carbonyl (C=O) groups is 1. The van der Waals surface area contributed by atoms with Gasteiger partial charge in [0, 0.05) is 12.4 Å². The molecule has 0 bridgehead atoms. The van der Waals surface area contributed by atoms with Crippen LogP contribution in [0.4, 0.5) is 0 Å². The summed E-state index contributed by atoms with van der Waals surface area (Å²) in [5, 5.41) is 3.77. The number of pyridine rings is 1. The average Bonchev–Trinajstić information content (AvgIpc) is 2.25. The highest BCUT2D eigenvalue weighted by Gasteiger charge is 2.02. The van der Waals surface area contributed by atoms with E-state index in [1.54, 1.807) is 30.6 Å². The van der Waals surface area contributed by atoms with Gasteiger partial charge in [0.2, 0.25) is 0 Å². The minimum Gasteiger partial charge on any atom is -0.266 e. The number of hydrogen-bond acceptors (Lipinski definition) is 3. The number of nitrogens with one attached hydrogen (secondary N) is 1. The highest BCUT2D eigenvalue weighted by atomic mass is 16.2. The molecule has 0 aliphatic carbocycles. The van der Waals surface area contributed by atoms with Crippen molar-refractivity contribution in [2.75, 3.05) is 0 Å². The molecule has 74 valence electrons. The monoisotopic (exact) mass is 191 g/mol. The Kier molecular flexibility index (Phi) is 4.34. The summed E-state index contributed by atoms with van der Waals surface area (Å²) in [5.41, 5.74) is 2.78. The normalized spacial score (nSPS) is 10.4. The van der Waals surface area contributed by atoms with Crippen molar-refractivity contribution in [1.82, 2.24) is 10.4 Å². The molecule has 1 aromatic rings. The third kappa shape index (κ3) is 3.35. The molecule has 1 rings (SSSR count). The fourth-order valence-corrected chi connectivity index (χ4v) is 0.852. The van der Waals surface area contributed by atoms with Crippen molar-refractivity contribution < 1.29 is 4.79 Å². The van der Waals surface area contributed by atoms with E-state index in [9.17, 15) is 4.79 Å². The van der Waals surface area contributed by atoms with Crippen LogP contribution in [0.2, 0.25) is 0 Å². The molecule has 1 aromatic heterocycles. The highest BCUT2D eigenvalue weighted by molar-refractivity contribution is 5.92. The van der Waals surface area contributed by atoms with E-state index in [-0.39, 0.29) is 5.91 Å². The van der Waals surface area contributed by atoms with E-state index in [0.717, 1.165) is 12.8 Å². The Morgan fingerprint density at radius 1 is 1.64 bits per heavy atom. The van der Waals surface area contributed by atoms with E-state index in [1.807, 2.05) is 6.92 Å². The van der Waals surface area contributed by atoms with Gasteiger partial charge in [-0.3, -0.25) is 9.78 Å². The van der Waals surface area contributed by atoms with Crippen LogP contribution in [0.15, 0.2) is 29.5 Å². The first-order chi connectivity index (χ1) is 6.84. The molecule has 0 spiro atoms. The minimum absolute atomic E-state index is 0.280. The van der Waals surface area contributed by atoms with Crippen molar-refractivity contribution in [3.63, 3.8) is 0 Å². The molecule has 0 radical (unpaired) electrons. The summed E-state index contributed by atoms with van der Waals surface area (Å²) < 4.78 is 0. The molecule has 4 heteroatoms. The molecule has 0 saturated heterocycles. The van der Waals surface area contributed by atoms with Gasteiger partial charge < -0.3 is 0 Å². The number of amides is 1. The van der Waals surface area contributed by atoms with E-state index in [2.05, 4.69) is 15.5 Å². The molecule has 0 saturated carbocycles. The van der Waals surface area contributed by atoms with Gasteiger partial charge in [0.25, 0.3) is 5.91 Å². The van der Waals surface area contributed by atoms with Crippen LogP contribution in [0.5, 0.6) is 0 Å². The van der Waals surface area contributed by atoms with Gasteiger partial charge in [-0.2, -0.15) is 5.10 Å². The highest BCUT2D eigenvalue weighted by Crippen LogP contribution is 1.92. The van der Waals surface area contributed by atoms with E-state index < -0.39 is 0 Å². The predicted molar refractivity (Wildman–Crippen MR) is 55.1 cm³/mol. The Bertz CT molecular complexity index is 308. The number of aromatic nitrogens is 1. The number of unbranched alkanes of at least 4 members (excludes halogenated alkanes) is 1. The lowest BCUT2D eigenvalue weighted by atomic mass is 10.3. The average molecular weight is 191 g/mol. The summed E-state index contributed by atoms with van der Waals surface area (Å²) in [5.74, 6) is -0.280. The summed E-state index contributed by atoms with van der Waals surface area (Å²) >= 11 is 0. The second kappa shape index (κ2) is 5.85. The van der Waals surface area contributed by atoms with Crippen LogP contribution >= 0.6 is 0 Å². The van der Waals surface area contributed by atoms with Gasteiger partial charge in [-0.1, -0.05) is 19.4 Å². The molecule has 1 N–H and O–H groups in total. The van der Waals surface area contributed by atoms with Crippen LogP contribution in [-0.2, 0) is 0 Å².